The first-order chi connectivity index (χ1) is 22.9. The Kier molecular flexibility index (Phi) is 12.6. The second kappa shape index (κ2) is 17.2. The van der Waals surface area contributed by atoms with Gasteiger partial charge in [0.05, 0.1) is 25.9 Å². The highest BCUT2D eigenvalue weighted by atomic mass is 16.7. The lowest BCUT2D eigenvalue weighted by molar-refractivity contribution is -0.253. The van der Waals surface area contributed by atoms with E-state index in [0.717, 1.165) is 47.3 Å². The van der Waals surface area contributed by atoms with E-state index in [1.807, 2.05) is 84.9 Å². The highest BCUT2D eigenvalue weighted by molar-refractivity contribution is 5.83. The number of benzene rings is 3. The van der Waals surface area contributed by atoms with Crippen LogP contribution in [0.3, 0.4) is 0 Å². The maximum Gasteiger partial charge on any atom is 0.328 e. The van der Waals surface area contributed by atoms with E-state index in [1.165, 1.54) is 32.8 Å². The van der Waals surface area contributed by atoms with Gasteiger partial charge in [0.15, 0.2) is 6.29 Å². The summed E-state index contributed by atoms with van der Waals surface area (Å²) >= 11 is 0. The number of nitrogens with zero attached hydrogens (tertiary/aromatic N) is 1. The van der Waals surface area contributed by atoms with Crippen molar-refractivity contribution in [1.29, 1.82) is 0 Å². The fraction of sp³-hybridized carbons (Fsp3) is 0.421. The molecule has 47 heavy (non-hydrogen) atoms. The Bertz CT molecular complexity index is 1430. The molecule has 4 atom stereocenters. The topological polar surface area (TPSA) is 109 Å². The SMILES string of the molecule is C=CCN(C[C@H]1C[C@@H](c2ccc(CO)cc2)O[C@@H](c2ccc(CNC(=O)N[C@@H](Cc3ccccc3)C(=O)OC)cc2)O1)C1CCCC1. The summed E-state index contributed by atoms with van der Waals surface area (Å²) in [5.74, 6) is -0.502. The van der Waals surface area contributed by atoms with Gasteiger partial charge in [-0.25, -0.2) is 9.59 Å². The first-order valence-corrected chi connectivity index (χ1v) is 16.6. The van der Waals surface area contributed by atoms with Crippen LogP contribution in [-0.2, 0) is 38.6 Å². The fourth-order valence-corrected chi connectivity index (χ4v) is 6.47. The summed E-state index contributed by atoms with van der Waals surface area (Å²) < 4.78 is 18.1. The van der Waals surface area contributed by atoms with Gasteiger partial charge >= 0.3 is 12.0 Å². The van der Waals surface area contributed by atoms with Crippen LogP contribution < -0.4 is 10.6 Å². The zero-order valence-corrected chi connectivity index (χ0v) is 27.2. The second-order valence-electron chi connectivity index (χ2n) is 12.4. The number of carbonyl (C=O) groups is 2. The molecule has 250 valence electrons. The minimum Gasteiger partial charge on any atom is -0.467 e. The summed E-state index contributed by atoms with van der Waals surface area (Å²) in [6.07, 6.45) is 7.20. The molecule has 1 heterocycles. The van der Waals surface area contributed by atoms with E-state index < -0.39 is 24.3 Å². The average molecular weight is 642 g/mol. The Labute approximate surface area is 277 Å². The van der Waals surface area contributed by atoms with Gasteiger partial charge in [-0.15, -0.1) is 6.58 Å². The quantitative estimate of drug-likeness (QED) is 0.152. The number of methoxy groups -OCH3 is 1. The van der Waals surface area contributed by atoms with Gasteiger partial charge in [-0.05, 0) is 35.1 Å². The molecule has 3 N–H and O–H groups in total. The molecule has 0 aromatic heterocycles. The van der Waals surface area contributed by atoms with Crippen molar-refractivity contribution in [3.8, 4) is 0 Å². The summed E-state index contributed by atoms with van der Waals surface area (Å²) in [6.45, 7) is 5.91. The van der Waals surface area contributed by atoms with Gasteiger partial charge in [-0.1, -0.05) is 97.8 Å². The molecule has 3 aromatic rings. The number of esters is 1. The Hall–Kier alpha value is -4.02. The molecule has 0 bridgehead atoms. The Morgan fingerprint density at radius 2 is 1.64 bits per heavy atom. The number of nitrogens with one attached hydrogen (secondary N) is 2. The number of aliphatic hydroxyl groups is 1. The van der Waals surface area contributed by atoms with Gasteiger partial charge in [-0.2, -0.15) is 0 Å². The monoisotopic (exact) mass is 641 g/mol. The summed E-state index contributed by atoms with van der Waals surface area (Å²) in [4.78, 5) is 27.6. The van der Waals surface area contributed by atoms with Crippen LogP contribution >= 0.6 is 0 Å². The molecule has 1 aliphatic carbocycles. The molecular formula is C38H47N3O6. The molecule has 2 fully saturated rings. The van der Waals surface area contributed by atoms with E-state index >= 15 is 0 Å². The molecule has 0 radical (unpaired) electrons. The molecule has 9 nitrogen and oxygen atoms in total. The zero-order valence-electron chi connectivity index (χ0n) is 27.2. The molecule has 2 amide bonds. The van der Waals surface area contributed by atoms with Gasteiger partial charge in [-0.3, -0.25) is 4.90 Å². The normalized spacial score (nSPS) is 20.4. The van der Waals surface area contributed by atoms with Crippen molar-refractivity contribution in [2.45, 2.75) is 82.3 Å². The highest BCUT2D eigenvalue weighted by Gasteiger charge is 2.34. The number of urea groups is 1. The fourth-order valence-electron chi connectivity index (χ4n) is 6.47. The van der Waals surface area contributed by atoms with Crippen LogP contribution in [-0.4, -0.2) is 60.4 Å². The van der Waals surface area contributed by atoms with Crippen molar-refractivity contribution in [1.82, 2.24) is 15.5 Å². The second-order valence-corrected chi connectivity index (χ2v) is 12.4. The number of ether oxygens (including phenoxy) is 3. The van der Waals surface area contributed by atoms with E-state index in [0.29, 0.717) is 12.5 Å². The molecule has 1 aliphatic heterocycles. The first-order valence-electron chi connectivity index (χ1n) is 16.6. The van der Waals surface area contributed by atoms with Gasteiger partial charge in [0.25, 0.3) is 0 Å². The molecule has 1 saturated heterocycles. The smallest absolute Gasteiger partial charge is 0.328 e. The molecule has 0 spiro atoms. The van der Waals surface area contributed by atoms with E-state index in [1.54, 1.807) is 0 Å². The van der Waals surface area contributed by atoms with Crippen LogP contribution in [0.1, 0.15) is 72.3 Å². The Balaban J connectivity index is 1.23. The third-order valence-electron chi connectivity index (χ3n) is 9.04. The number of amides is 2. The summed E-state index contributed by atoms with van der Waals surface area (Å²) in [7, 11) is 1.31. The predicted molar refractivity (Wildman–Crippen MR) is 180 cm³/mol. The third-order valence-corrected chi connectivity index (χ3v) is 9.04. The van der Waals surface area contributed by atoms with Crippen molar-refractivity contribution in [2.75, 3.05) is 20.2 Å². The zero-order chi connectivity index (χ0) is 33.0. The summed E-state index contributed by atoms with van der Waals surface area (Å²) in [5.41, 5.74) is 4.63. The Morgan fingerprint density at radius 3 is 2.30 bits per heavy atom. The molecule has 5 rings (SSSR count). The maximum absolute atomic E-state index is 12.7. The molecule has 0 unspecified atom stereocenters. The maximum atomic E-state index is 12.7. The van der Waals surface area contributed by atoms with Crippen molar-refractivity contribution in [2.24, 2.45) is 0 Å². The van der Waals surface area contributed by atoms with Crippen molar-refractivity contribution < 1.29 is 28.9 Å². The molecule has 1 saturated carbocycles. The van der Waals surface area contributed by atoms with Crippen LogP contribution in [0.4, 0.5) is 4.79 Å². The first kappa shape index (κ1) is 34.3. The average Bonchev–Trinajstić information content (AvgIpc) is 3.66. The molecule has 2 aliphatic rings. The summed E-state index contributed by atoms with van der Waals surface area (Å²) in [5, 5.41) is 15.1. The van der Waals surface area contributed by atoms with Crippen LogP contribution in [0.2, 0.25) is 0 Å². The number of hydrogen-bond acceptors (Lipinski definition) is 7. The number of rotatable bonds is 14. The largest absolute Gasteiger partial charge is 0.467 e. The van der Waals surface area contributed by atoms with Crippen molar-refractivity contribution in [3.05, 3.63) is 119 Å². The van der Waals surface area contributed by atoms with Crippen LogP contribution in [0.5, 0.6) is 0 Å². The number of carbonyl (C=O) groups excluding carboxylic acids is 2. The molecule has 3 aromatic carbocycles. The minimum atomic E-state index is -0.804. The van der Waals surface area contributed by atoms with Gasteiger partial charge in [0.1, 0.15) is 6.04 Å². The van der Waals surface area contributed by atoms with Crippen LogP contribution in [0, 0.1) is 0 Å². The van der Waals surface area contributed by atoms with E-state index in [-0.39, 0.29) is 25.4 Å². The lowest BCUT2D eigenvalue weighted by atomic mass is 9.99. The number of hydrogen-bond donors (Lipinski definition) is 3. The lowest BCUT2D eigenvalue weighted by Crippen LogP contribution is -2.47. The van der Waals surface area contributed by atoms with Gasteiger partial charge < -0.3 is 30.0 Å². The molecular weight excluding hydrogens is 594 g/mol. The highest BCUT2D eigenvalue weighted by Crippen LogP contribution is 2.39. The van der Waals surface area contributed by atoms with Crippen molar-refractivity contribution >= 4 is 12.0 Å². The van der Waals surface area contributed by atoms with Crippen molar-refractivity contribution in [3.63, 3.8) is 0 Å². The van der Waals surface area contributed by atoms with Crippen LogP contribution in [0.25, 0.3) is 0 Å². The standard InChI is InChI=1S/C38H47N3O6/c1-3-21-41(32-11-7-8-12-32)25-33-23-35(30-17-15-29(26-42)16-18-30)47-37(46-33)31-19-13-28(14-20-31)24-39-38(44)40-34(36(43)45-2)22-27-9-5-4-6-10-27/h3-6,9-10,13-20,32-35,37,42H,1,7-8,11-12,21-26H2,2H3,(H2,39,40,44)/t33-,34+,35+,37+/m1/s1. The van der Waals surface area contributed by atoms with E-state index in [9.17, 15) is 14.7 Å². The van der Waals surface area contributed by atoms with E-state index in [4.69, 9.17) is 14.2 Å². The lowest BCUT2D eigenvalue weighted by Gasteiger charge is -2.39. The van der Waals surface area contributed by atoms with Gasteiger partial charge in [0, 0.05) is 44.1 Å². The molecule has 9 heteroatoms. The predicted octanol–water partition coefficient (Wildman–Crippen LogP) is 5.74. The van der Waals surface area contributed by atoms with Crippen LogP contribution in [0.15, 0.2) is 91.5 Å². The number of aliphatic hydroxyl groups excluding tert-OH is 1. The van der Waals surface area contributed by atoms with Gasteiger partial charge in [0.2, 0.25) is 0 Å². The Morgan fingerprint density at radius 1 is 0.957 bits per heavy atom. The summed E-state index contributed by atoms with van der Waals surface area (Å²) in [6, 6.07) is 24.5. The minimum absolute atomic E-state index is 0.000477. The third kappa shape index (κ3) is 9.74. The van der Waals surface area contributed by atoms with E-state index in [2.05, 4.69) is 22.1 Å².